The summed E-state index contributed by atoms with van der Waals surface area (Å²) in [6.45, 7) is 3.92. The number of nitrogens with zero attached hydrogens (tertiary/aromatic N) is 2. The van der Waals surface area contributed by atoms with Crippen molar-refractivity contribution in [1.82, 2.24) is 15.1 Å². The second-order valence-corrected chi connectivity index (χ2v) is 5.09. The summed E-state index contributed by atoms with van der Waals surface area (Å²) in [4.78, 5) is 0. The van der Waals surface area contributed by atoms with Crippen molar-refractivity contribution in [2.24, 2.45) is 0 Å². The van der Waals surface area contributed by atoms with Crippen molar-refractivity contribution < 1.29 is 4.74 Å². The van der Waals surface area contributed by atoms with Gasteiger partial charge in [-0.05, 0) is 24.6 Å². The monoisotopic (exact) mass is 257 g/mol. The first-order chi connectivity index (χ1) is 9.31. The number of hydrogen-bond acceptors (Lipinski definition) is 3. The first kappa shape index (κ1) is 12.2. The van der Waals surface area contributed by atoms with E-state index in [0.29, 0.717) is 6.04 Å². The number of hydrogen-bond donors (Lipinski definition) is 1. The molecule has 0 aliphatic carbocycles. The van der Waals surface area contributed by atoms with E-state index in [1.165, 1.54) is 5.56 Å². The zero-order valence-corrected chi connectivity index (χ0v) is 11.1. The average Bonchev–Trinajstić information content (AvgIpc) is 3.04. The Morgan fingerprint density at radius 3 is 3.11 bits per heavy atom. The maximum Gasteiger partial charge on any atom is 0.123 e. The normalized spacial score (nSPS) is 18.9. The minimum Gasteiger partial charge on any atom is -0.488 e. The molecular weight excluding hydrogens is 238 g/mol. The molecule has 0 amide bonds. The Kier molecular flexibility index (Phi) is 3.51. The highest BCUT2D eigenvalue weighted by Crippen LogP contribution is 2.27. The molecule has 1 aliphatic rings. The fraction of sp³-hybridized carbons (Fsp3) is 0.400. The molecule has 2 aromatic rings. The lowest BCUT2D eigenvalue weighted by atomic mass is 10.1. The molecule has 4 heteroatoms. The van der Waals surface area contributed by atoms with Crippen LogP contribution >= 0.6 is 0 Å². The lowest BCUT2D eigenvalue weighted by molar-refractivity contribution is 0.220. The van der Waals surface area contributed by atoms with Crippen molar-refractivity contribution >= 4 is 0 Å². The van der Waals surface area contributed by atoms with E-state index in [0.717, 1.165) is 25.3 Å². The summed E-state index contributed by atoms with van der Waals surface area (Å²) in [6, 6.07) is 10.6. The van der Waals surface area contributed by atoms with E-state index in [1.807, 2.05) is 35.3 Å². The van der Waals surface area contributed by atoms with Crippen LogP contribution in [0.2, 0.25) is 0 Å². The SMILES string of the molecule is CC(Cn1cccn1)NCC1Cc2ccccc2O1. The zero-order chi connectivity index (χ0) is 13.1. The lowest BCUT2D eigenvalue weighted by Gasteiger charge is -2.17. The van der Waals surface area contributed by atoms with Gasteiger partial charge in [-0.2, -0.15) is 5.10 Å². The third-order valence-electron chi connectivity index (χ3n) is 3.43. The summed E-state index contributed by atoms with van der Waals surface area (Å²) >= 11 is 0. The Hall–Kier alpha value is -1.81. The molecule has 0 fully saturated rings. The maximum atomic E-state index is 5.91. The Morgan fingerprint density at radius 1 is 1.42 bits per heavy atom. The first-order valence-corrected chi connectivity index (χ1v) is 6.76. The Morgan fingerprint density at radius 2 is 2.32 bits per heavy atom. The van der Waals surface area contributed by atoms with Crippen molar-refractivity contribution in [3.05, 3.63) is 48.3 Å². The van der Waals surface area contributed by atoms with Crippen molar-refractivity contribution in [2.45, 2.75) is 32.0 Å². The van der Waals surface area contributed by atoms with Crippen LogP contribution in [0.3, 0.4) is 0 Å². The summed E-state index contributed by atoms with van der Waals surface area (Å²) in [5.41, 5.74) is 1.31. The maximum absolute atomic E-state index is 5.91. The Balaban J connectivity index is 1.46. The number of rotatable bonds is 5. The highest BCUT2D eigenvalue weighted by Gasteiger charge is 2.22. The summed E-state index contributed by atoms with van der Waals surface area (Å²) in [7, 11) is 0. The second kappa shape index (κ2) is 5.45. The summed E-state index contributed by atoms with van der Waals surface area (Å²) < 4.78 is 7.85. The highest BCUT2D eigenvalue weighted by molar-refractivity contribution is 5.37. The quantitative estimate of drug-likeness (QED) is 0.888. The highest BCUT2D eigenvalue weighted by atomic mass is 16.5. The molecule has 19 heavy (non-hydrogen) atoms. The summed E-state index contributed by atoms with van der Waals surface area (Å²) in [5.74, 6) is 1.04. The van der Waals surface area contributed by atoms with E-state index in [-0.39, 0.29) is 6.10 Å². The standard InChI is InChI=1S/C15H19N3O/c1-12(11-18-8-4-7-17-18)16-10-14-9-13-5-2-3-6-15(13)19-14/h2-8,12,14,16H,9-11H2,1H3. The predicted molar refractivity (Wildman–Crippen MR) is 74.3 cm³/mol. The smallest absolute Gasteiger partial charge is 0.123 e. The number of benzene rings is 1. The van der Waals surface area contributed by atoms with Gasteiger partial charge in [-0.15, -0.1) is 0 Å². The first-order valence-electron chi connectivity index (χ1n) is 6.76. The van der Waals surface area contributed by atoms with E-state index < -0.39 is 0 Å². The van der Waals surface area contributed by atoms with Gasteiger partial charge >= 0.3 is 0 Å². The number of ether oxygens (including phenoxy) is 1. The van der Waals surface area contributed by atoms with Crippen LogP contribution in [0, 0.1) is 0 Å². The van der Waals surface area contributed by atoms with Crippen LogP contribution in [0.5, 0.6) is 5.75 Å². The number of fused-ring (bicyclic) bond motifs is 1. The predicted octanol–water partition coefficient (Wildman–Crippen LogP) is 1.86. The minimum absolute atomic E-state index is 0.248. The van der Waals surface area contributed by atoms with Gasteiger partial charge in [0.05, 0.1) is 6.54 Å². The third-order valence-corrected chi connectivity index (χ3v) is 3.43. The van der Waals surface area contributed by atoms with Crippen LogP contribution in [0.15, 0.2) is 42.7 Å². The molecule has 1 aliphatic heterocycles. The molecule has 1 N–H and O–H groups in total. The van der Waals surface area contributed by atoms with Crippen molar-refractivity contribution in [2.75, 3.05) is 6.54 Å². The molecule has 2 heterocycles. The fourth-order valence-electron chi connectivity index (χ4n) is 2.45. The lowest BCUT2D eigenvalue weighted by Crippen LogP contribution is -2.38. The van der Waals surface area contributed by atoms with Crippen LogP contribution < -0.4 is 10.1 Å². The molecule has 3 rings (SSSR count). The van der Waals surface area contributed by atoms with Gasteiger partial charge in [0.15, 0.2) is 0 Å². The van der Waals surface area contributed by atoms with E-state index in [4.69, 9.17) is 4.74 Å². The topological polar surface area (TPSA) is 39.1 Å². The molecule has 100 valence electrons. The van der Waals surface area contributed by atoms with Crippen LogP contribution in [0.1, 0.15) is 12.5 Å². The fourth-order valence-corrected chi connectivity index (χ4v) is 2.45. The van der Waals surface area contributed by atoms with Gasteiger partial charge in [-0.3, -0.25) is 4.68 Å². The molecule has 0 saturated heterocycles. The summed E-state index contributed by atoms with van der Waals surface area (Å²) in [5, 5.41) is 7.73. The van der Waals surface area contributed by atoms with Gasteiger partial charge in [0, 0.05) is 31.4 Å². The van der Waals surface area contributed by atoms with E-state index in [2.05, 4.69) is 29.5 Å². The van der Waals surface area contributed by atoms with E-state index in [1.54, 1.807) is 0 Å². The van der Waals surface area contributed by atoms with E-state index >= 15 is 0 Å². The molecule has 4 nitrogen and oxygen atoms in total. The van der Waals surface area contributed by atoms with Crippen LogP contribution in [0.25, 0.3) is 0 Å². The van der Waals surface area contributed by atoms with Gasteiger partial charge in [-0.25, -0.2) is 0 Å². The van der Waals surface area contributed by atoms with Crippen LogP contribution in [0.4, 0.5) is 0 Å². The minimum atomic E-state index is 0.248. The number of para-hydroxylation sites is 1. The molecule has 0 bridgehead atoms. The van der Waals surface area contributed by atoms with Crippen LogP contribution in [-0.2, 0) is 13.0 Å². The van der Waals surface area contributed by atoms with E-state index in [9.17, 15) is 0 Å². The third kappa shape index (κ3) is 2.96. The molecule has 0 radical (unpaired) electrons. The largest absolute Gasteiger partial charge is 0.488 e. The zero-order valence-electron chi connectivity index (χ0n) is 11.1. The molecule has 0 spiro atoms. The Bertz CT molecular complexity index is 499. The van der Waals surface area contributed by atoms with Crippen molar-refractivity contribution in [3.63, 3.8) is 0 Å². The number of nitrogens with one attached hydrogen (secondary N) is 1. The van der Waals surface area contributed by atoms with Gasteiger partial charge in [0.2, 0.25) is 0 Å². The molecular formula is C15H19N3O. The van der Waals surface area contributed by atoms with Gasteiger partial charge in [0.25, 0.3) is 0 Å². The molecule has 1 aromatic heterocycles. The number of aromatic nitrogens is 2. The molecule has 2 atom stereocenters. The van der Waals surface area contributed by atoms with Gasteiger partial charge in [-0.1, -0.05) is 18.2 Å². The van der Waals surface area contributed by atoms with Gasteiger partial charge < -0.3 is 10.1 Å². The molecule has 2 unspecified atom stereocenters. The van der Waals surface area contributed by atoms with Crippen LogP contribution in [-0.4, -0.2) is 28.5 Å². The average molecular weight is 257 g/mol. The van der Waals surface area contributed by atoms with Crippen molar-refractivity contribution in [1.29, 1.82) is 0 Å². The van der Waals surface area contributed by atoms with Crippen molar-refractivity contribution in [3.8, 4) is 5.75 Å². The Labute approximate surface area is 113 Å². The molecule has 0 saturated carbocycles. The molecule has 1 aromatic carbocycles. The summed E-state index contributed by atoms with van der Waals surface area (Å²) in [6.07, 6.45) is 5.04. The van der Waals surface area contributed by atoms with Gasteiger partial charge in [0.1, 0.15) is 11.9 Å². The second-order valence-electron chi connectivity index (χ2n) is 5.09.